The molecule has 4 aromatic rings. The summed E-state index contributed by atoms with van der Waals surface area (Å²) in [6.45, 7) is 2.46. The van der Waals surface area contributed by atoms with Crippen molar-refractivity contribution >= 4 is 28.9 Å². The molecule has 5 nitrogen and oxygen atoms in total. The number of aromatic nitrogens is 1. The van der Waals surface area contributed by atoms with Crippen molar-refractivity contribution in [3.05, 3.63) is 120 Å². The molecule has 0 bridgehead atoms. The smallest absolute Gasteiger partial charge is 0.331 e. The molecule has 0 aliphatic rings. The first kappa shape index (κ1) is 22.9. The SMILES string of the molecule is C[C@H](OC(=O)/C=C\c1cccc2cccnc12)C(=O)N(Cc1ccccc1)Cc1ccccc1. The quantitative estimate of drug-likeness (QED) is 0.266. The zero-order valence-corrected chi connectivity index (χ0v) is 19.0. The van der Waals surface area contributed by atoms with E-state index in [1.807, 2.05) is 91.0 Å². The first-order chi connectivity index (χ1) is 16.6. The van der Waals surface area contributed by atoms with Crippen molar-refractivity contribution in [2.45, 2.75) is 26.1 Å². The second-order valence-corrected chi connectivity index (χ2v) is 8.00. The molecule has 0 unspecified atom stereocenters. The highest BCUT2D eigenvalue weighted by Crippen LogP contribution is 2.17. The van der Waals surface area contributed by atoms with Crippen LogP contribution in [0.3, 0.4) is 0 Å². The normalized spacial score (nSPS) is 11.9. The summed E-state index contributed by atoms with van der Waals surface area (Å²) in [5, 5.41) is 0.985. The summed E-state index contributed by atoms with van der Waals surface area (Å²) in [7, 11) is 0. The van der Waals surface area contributed by atoms with Gasteiger partial charge in [-0.1, -0.05) is 84.9 Å². The Hall–Kier alpha value is -4.25. The summed E-state index contributed by atoms with van der Waals surface area (Å²) in [4.78, 5) is 31.9. The lowest BCUT2D eigenvalue weighted by atomic mass is 10.1. The van der Waals surface area contributed by atoms with Gasteiger partial charge in [-0.2, -0.15) is 0 Å². The van der Waals surface area contributed by atoms with Crippen LogP contribution >= 0.6 is 0 Å². The van der Waals surface area contributed by atoms with Gasteiger partial charge >= 0.3 is 5.97 Å². The van der Waals surface area contributed by atoms with Gasteiger partial charge in [0, 0.05) is 36.3 Å². The largest absolute Gasteiger partial charge is 0.449 e. The van der Waals surface area contributed by atoms with Crippen molar-refractivity contribution in [1.29, 1.82) is 0 Å². The maximum absolute atomic E-state index is 13.3. The van der Waals surface area contributed by atoms with Crippen molar-refractivity contribution in [2.75, 3.05) is 0 Å². The van der Waals surface area contributed by atoms with Gasteiger partial charge in [-0.25, -0.2) is 4.79 Å². The lowest BCUT2D eigenvalue weighted by molar-refractivity contribution is -0.156. The van der Waals surface area contributed by atoms with Crippen LogP contribution in [0.25, 0.3) is 17.0 Å². The van der Waals surface area contributed by atoms with Gasteiger partial charge in [0.05, 0.1) is 5.52 Å². The van der Waals surface area contributed by atoms with E-state index in [2.05, 4.69) is 4.98 Å². The number of amides is 1. The number of nitrogens with zero attached hydrogens (tertiary/aromatic N) is 2. The third kappa shape index (κ3) is 5.95. The molecule has 4 rings (SSSR count). The third-order valence-electron chi connectivity index (χ3n) is 5.45. The monoisotopic (exact) mass is 450 g/mol. The average molecular weight is 451 g/mol. The van der Waals surface area contributed by atoms with E-state index in [0.717, 1.165) is 27.6 Å². The number of ether oxygens (including phenoxy) is 1. The molecule has 0 aliphatic carbocycles. The molecule has 0 saturated heterocycles. The number of para-hydroxylation sites is 1. The van der Waals surface area contributed by atoms with E-state index >= 15 is 0 Å². The van der Waals surface area contributed by atoms with E-state index in [0.29, 0.717) is 13.1 Å². The van der Waals surface area contributed by atoms with Gasteiger partial charge in [0.25, 0.3) is 5.91 Å². The highest BCUT2D eigenvalue weighted by Gasteiger charge is 2.23. The van der Waals surface area contributed by atoms with Crippen LogP contribution in [0.2, 0.25) is 0 Å². The fourth-order valence-corrected chi connectivity index (χ4v) is 3.76. The van der Waals surface area contributed by atoms with E-state index in [1.165, 1.54) is 6.08 Å². The molecule has 1 aromatic heterocycles. The molecule has 170 valence electrons. The van der Waals surface area contributed by atoms with E-state index in [9.17, 15) is 9.59 Å². The number of rotatable bonds is 8. The predicted molar refractivity (Wildman–Crippen MR) is 133 cm³/mol. The Morgan fingerprint density at radius 3 is 2.12 bits per heavy atom. The maximum atomic E-state index is 13.3. The highest BCUT2D eigenvalue weighted by molar-refractivity contribution is 5.94. The van der Waals surface area contributed by atoms with Crippen LogP contribution in [0.4, 0.5) is 0 Å². The van der Waals surface area contributed by atoms with E-state index in [1.54, 1.807) is 24.1 Å². The highest BCUT2D eigenvalue weighted by atomic mass is 16.5. The summed E-state index contributed by atoms with van der Waals surface area (Å²) in [5.41, 5.74) is 3.63. The van der Waals surface area contributed by atoms with Gasteiger partial charge in [0.15, 0.2) is 6.10 Å². The summed E-state index contributed by atoms with van der Waals surface area (Å²) < 4.78 is 5.46. The minimum Gasteiger partial charge on any atom is -0.449 e. The Morgan fingerprint density at radius 1 is 0.853 bits per heavy atom. The van der Waals surface area contributed by atoms with Crippen LogP contribution in [0, 0.1) is 0 Å². The Morgan fingerprint density at radius 2 is 1.47 bits per heavy atom. The number of pyridine rings is 1. The van der Waals surface area contributed by atoms with Crippen molar-refractivity contribution in [3.8, 4) is 0 Å². The molecule has 1 amide bonds. The second-order valence-electron chi connectivity index (χ2n) is 8.00. The molecule has 0 saturated carbocycles. The molecular formula is C29H26N2O3. The number of hydrogen-bond donors (Lipinski definition) is 0. The number of carbonyl (C=O) groups is 2. The van der Waals surface area contributed by atoms with Gasteiger partial charge < -0.3 is 9.64 Å². The van der Waals surface area contributed by atoms with Crippen LogP contribution in [0.5, 0.6) is 0 Å². The number of hydrogen-bond acceptors (Lipinski definition) is 4. The maximum Gasteiger partial charge on any atom is 0.331 e. The van der Waals surface area contributed by atoms with E-state index in [4.69, 9.17) is 4.74 Å². The van der Waals surface area contributed by atoms with Crippen LogP contribution in [0.15, 0.2) is 103 Å². The summed E-state index contributed by atoms with van der Waals surface area (Å²) in [6, 6.07) is 29.1. The predicted octanol–water partition coefficient (Wildman–Crippen LogP) is 5.41. The van der Waals surface area contributed by atoms with Crippen LogP contribution in [-0.2, 0) is 27.4 Å². The van der Waals surface area contributed by atoms with Crippen molar-refractivity contribution in [2.24, 2.45) is 0 Å². The molecule has 0 spiro atoms. The number of fused-ring (bicyclic) bond motifs is 1. The molecular weight excluding hydrogens is 424 g/mol. The minimum absolute atomic E-state index is 0.249. The first-order valence-corrected chi connectivity index (χ1v) is 11.2. The Balaban J connectivity index is 1.45. The molecule has 1 heterocycles. The standard InChI is InChI=1S/C29H26N2O3/c1-22(34-27(32)18-17-26-15-8-14-25-16-9-19-30-28(25)26)29(33)31(20-23-10-4-2-5-11-23)21-24-12-6-3-7-13-24/h2-19,22H,20-21H2,1H3/b18-17-/t22-/m0/s1. The lowest BCUT2D eigenvalue weighted by Gasteiger charge is -2.26. The van der Waals surface area contributed by atoms with Gasteiger partial charge in [-0.15, -0.1) is 0 Å². The lowest BCUT2D eigenvalue weighted by Crippen LogP contribution is -2.39. The number of benzene rings is 3. The first-order valence-electron chi connectivity index (χ1n) is 11.2. The van der Waals surface area contributed by atoms with Crippen molar-refractivity contribution in [3.63, 3.8) is 0 Å². The third-order valence-corrected chi connectivity index (χ3v) is 5.45. The number of carbonyl (C=O) groups excluding carboxylic acids is 2. The minimum atomic E-state index is -0.921. The van der Waals surface area contributed by atoms with Crippen molar-refractivity contribution < 1.29 is 14.3 Å². The molecule has 1 atom stereocenters. The van der Waals surface area contributed by atoms with Crippen LogP contribution in [0.1, 0.15) is 23.6 Å². The Kier molecular flexibility index (Phi) is 7.45. The van der Waals surface area contributed by atoms with Gasteiger partial charge in [-0.3, -0.25) is 9.78 Å². The zero-order valence-electron chi connectivity index (χ0n) is 19.0. The van der Waals surface area contributed by atoms with Crippen molar-refractivity contribution in [1.82, 2.24) is 9.88 Å². The van der Waals surface area contributed by atoms with E-state index < -0.39 is 12.1 Å². The number of esters is 1. The Labute approximate surface area is 199 Å². The molecule has 0 radical (unpaired) electrons. The topological polar surface area (TPSA) is 59.5 Å². The summed E-state index contributed by atoms with van der Waals surface area (Å²) in [6.07, 6.45) is 3.80. The second kappa shape index (κ2) is 11.1. The molecule has 34 heavy (non-hydrogen) atoms. The molecule has 3 aromatic carbocycles. The Bertz CT molecular complexity index is 1240. The molecule has 0 aliphatic heterocycles. The zero-order chi connectivity index (χ0) is 23.8. The molecule has 5 heteroatoms. The fourth-order valence-electron chi connectivity index (χ4n) is 3.76. The van der Waals surface area contributed by atoms with Gasteiger partial charge in [0.1, 0.15) is 0 Å². The van der Waals surface area contributed by atoms with Gasteiger partial charge in [-0.05, 0) is 30.2 Å². The molecule has 0 N–H and O–H groups in total. The molecule has 0 fully saturated rings. The van der Waals surface area contributed by atoms with E-state index in [-0.39, 0.29) is 5.91 Å². The summed E-state index contributed by atoms with van der Waals surface area (Å²) in [5.74, 6) is -0.825. The average Bonchev–Trinajstić information content (AvgIpc) is 2.88. The van der Waals surface area contributed by atoms with Crippen LogP contribution < -0.4 is 0 Å². The van der Waals surface area contributed by atoms with Crippen LogP contribution in [-0.4, -0.2) is 27.9 Å². The van der Waals surface area contributed by atoms with Gasteiger partial charge in [0.2, 0.25) is 0 Å². The summed E-state index contributed by atoms with van der Waals surface area (Å²) >= 11 is 0. The fraction of sp³-hybridized carbons (Fsp3) is 0.138.